The number of nitrogens with zero attached hydrogens (tertiary/aromatic N) is 6. The number of pyridine rings is 1. The Bertz CT molecular complexity index is 2740. The number of hydrogen-bond donors (Lipinski definition) is 8. The van der Waals surface area contributed by atoms with Crippen molar-refractivity contribution in [1.29, 1.82) is 0 Å². The summed E-state index contributed by atoms with van der Waals surface area (Å²) >= 11 is 0. The lowest BCUT2D eigenvalue weighted by molar-refractivity contribution is -0.139. The number of unbranched alkanes of at least 4 members (excludes halogenated alkanes) is 1. The lowest BCUT2D eigenvalue weighted by atomic mass is 9.94. The third kappa shape index (κ3) is 13.9. The molecule has 21 heteroatoms. The van der Waals surface area contributed by atoms with Crippen LogP contribution >= 0.6 is 0 Å². The SMILES string of the molecule is CCCCc1nc2c(N)nc3ccccc3c2n1CC(C)(C)COCCNC(=O)CCOCCCNC(=O)CC[C@H](NC(=O)c1ccc(NCc2cnc3nc(N)[nH]c(=O)c3n2)cc1)C(=O)O. The maximum absolute atomic E-state index is 12.9. The number of nitrogens with one attached hydrogen (secondary N) is 5. The highest BCUT2D eigenvalue weighted by Gasteiger charge is 2.25. The summed E-state index contributed by atoms with van der Waals surface area (Å²) in [6.45, 7) is 9.31. The average molecular weight is 922 g/mol. The fourth-order valence-electron chi connectivity index (χ4n) is 7.29. The first-order valence-corrected chi connectivity index (χ1v) is 22.3. The lowest BCUT2D eigenvalue weighted by Gasteiger charge is -2.27. The van der Waals surface area contributed by atoms with E-state index < -0.39 is 23.5 Å². The van der Waals surface area contributed by atoms with Crippen LogP contribution in [0.15, 0.2) is 59.5 Å². The van der Waals surface area contributed by atoms with E-state index in [0.29, 0.717) is 63.1 Å². The first kappa shape index (κ1) is 49.2. The molecule has 0 saturated carbocycles. The molecule has 21 nitrogen and oxygen atoms in total. The molecule has 0 bridgehead atoms. The zero-order chi connectivity index (χ0) is 47.9. The van der Waals surface area contributed by atoms with Crippen LogP contribution in [-0.2, 0) is 43.4 Å². The Morgan fingerprint density at radius 1 is 0.881 bits per heavy atom. The van der Waals surface area contributed by atoms with Crippen molar-refractivity contribution >= 4 is 74.2 Å². The van der Waals surface area contributed by atoms with Gasteiger partial charge in [-0.2, -0.15) is 4.98 Å². The number of aromatic amines is 1. The number of aromatic nitrogens is 7. The minimum atomic E-state index is -1.29. The molecule has 0 fully saturated rings. The summed E-state index contributed by atoms with van der Waals surface area (Å²) in [7, 11) is 0. The van der Waals surface area contributed by atoms with Crippen molar-refractivity contribution in [2.24, 2.45) is 5.41 Å². The molecule has 6 aromatic rings. The standard InChI is InChI=1S/C46H59N13O8/c1-4-5-11-34-56-37-39(31-9-6-7-10-32(31)54-40(37)47)59(34)26-46(2,3)27-67-23-20-50-36(61)18-22-66-21-8-19-49-35(60)17-16-33(44(64)65)55-42(62)28-12-14-29(15-13-28)51-24-30-25-52-41-38(53-30)43(63)58-45(48)57-41/h6-7,9-10,12-15,25,33,51H,4-5,8,11,16-24,26-27H2,1-3H3,(H2,47,54)(H,49,60)(H,50,61)(H,55,62)(H,64,65)(H3,48,52,57,58,63)/t33-/m0/s1. The summed E-state index contributed by atoms with van der Waals surface area (Å²) in [6.07, 6.45) is 4.76. The summed E-state index contributed by atoms with van der Waals surface area (Å²) in [5.74, 6) is -1.07. The molecule has 67 heavy (non-hydrogen) atoms. The minimum Gasteiger partial charge on any atom is -0.480 e. The van der Waals surface area contributed by atoms with Crippen molar-refractivity contribution in [1.82, 2.24) is 50.4 Å². The van der Waals surface area contributed by atoms with E-state index in [-0.39, 0.29) is 72.3 Å². The van der Waals surface area contributed by atoms with Crippen molar-refractivity contribution in [3.05, 3.63) is 82.2 Å². The van der Waals surface area contributed by atoms with Gasteiger partial charge in [0.25, 0.3) is 11.5 Å². The van der Waals surface area contributed by atoms with Gasteiger partial charge in [0.05, 0.1) is 49.3 Å². The number of nitrogen functional groups attached to an aromatic ring is 2. The molecule has 3 amide bonds. The van der Waals surface area contributed by atoms with Gasteiger partial charge in [0, 0.05) is 67.6 Å². The Kier molecular flexibility index (Phi) is 17.1. The fraction of sp³-hybridized carbons (Fsp3) is 0.435. The summed E-state index contributed by atoms with van der Waals surface area (Å²) in [6, 6.07) is 13.0. The Morgan fingerprint density at radius 3 is 2.42 bits per heavy atom. The fourth-order valence-corrected chi connectivity index (χ4v) is 7.29. The molecule has 0 aliphatic heterocycles. The van der Waals surface area contributed by atoms with Crippen molar-refractivity contribution < 1.29 is 33.8 Å². The van der Waals surface area contributed by atoms with Crippen LogP contribution in [0.2, 0.25) is 0 Å². The summed E-state index contributed by atoms with van der Waals surface area (Å²) < 4.78 is 13.9. The second kappa shape index (κ2) is 23.3. The van der Waals surface area contributed by atoms with E-state index in [9.17, 15) is 29.1 Å². The number of carbonyl (C=O) groups is 4. The zero-order valence-electron chi connectivity index (χ0n) is 38.0. The number of aliphatic carboxylic acids is 1. The van der Waals surface area contributed by atoms with Gasteiger partial charge in [-0.05, 0) is 49.6 Å². The predicted octanol–water partition coefficient (Wildman–Crippen LogP) is 3.47. The van der Waals surface area contributed by atoms with E-state index >= 15 is 0 Å². The van der Waals surface area contributed by atoms with E-state index in [1.807, 2.05) is 18.2 Å². The van der Waals surface area contributed by atoms with E-state index in [4.69, 9.17) is 25.9 Å². The highest BCUT2D eigenvalue weighted by Crippen LogP contribution is 2.32. The molecule has 10 N–H and O–H groups in total. The van der Waals surface area contributed by atoms with Crippen molar-refractivity contribution in [3.8, 4) is 0 Å². The van der Waals surface area contributed by atoms with Crippen LogP contribution in [0, 0.1) is 5.41 Å². The highest BCUT2D eigenvalue weighted by atomic mass is 16.5. The number of para-hydroxylation sites is 1. The molecule has 4 aromatic heterocycles. The number of benzene rings is 2. The van der Waals surface area contributed by atoms with Gasteiger partial charge in [-0.1, -0.05) is 45.4 Å². The van der Waals surface area contributed by atoms with Crippen molar-refractivity contribution in [3.63, 3.8) is 0 Å². The number of imidazole rings is 1. The number of nitrogens with two attached hydrogens (primary N) is 2. The van der Waals surface area contributed by atoms with Crippen LogP contribution in [0.1, 0.15) is 81.2 Å². The first-order valence-electron chi connectivity index (χ1n) is 22.3. The number of anilines is 3. The van der Waals surface area contributed by atoms with Gasteiger partial charge in [-0.3, -0.25) is 24.2 Å². The van der Waals surface area contributed by atoms with Crippen LogP contribution in [0.3, 0.4) is 0 Å². The number of hydrogen-bond acceptors (Lipinski definition) is 15. The second-order valence-electron chi connectivity index (χ2n) is 16.9. The number of carboxylic acids is 1. The summed E-state index contributed by atoms with van der Waals surface area (Å²) in [5.41, 5.74) is 15.2. The van der Waals surface area contributed by atoms with Crippen LogP contribution in [0.4, 0.5) is 17.5 Å². The predicted molar refractivity (Wildman–Crippen MR) is 253 cm³/mol. The lowest BCUT2D eigenvalue weighted by Crippen LogP contribution is -2.41. The number of ether oxygens (including phenoxy) is 2. The third-order valence-corrected chi connectivity index (χ3v) is 10.7. The third-order valence-electron chi connectivity index (χ3n) is 10.7. The van der Waals surface area contributed by atoms with Gasteiger partial charge < -0.3 is 51.9 Å². The topological polar surface area (TPSA) is 309 Å². The molecule has 356 valence electrons. The molecule has 0 unspecified atom stereocenters. The molecule has 1 atom stereocenters. The highest BCUT2D eigenvalue weighted by molar-refractivity contribution is 6.06. The molecule has 4 heterocycles. The summed E-state index contributed by atoms with van der Waals surface area (Å²) in [5, 5.41) is 21.9. The Labute approximate surface area is 386 Å². The number of rotatable bonds is 26. The maximum Gasteiger partial charge on any atom is 0.326 e. The van der Waals surface area contributed by atoms with Gasteiger partial charge >= 0.3 is 5.97 Å². The minimum absolute atomic E-state index is 0.0502. The van der Waals surface area contributed by atoms with Crippen molar-refractivity contribution in [2.75, 3.05) is 56.3 Å². The number of carboxylic acid groups (broad SMARTS) is 1. The molecule has 0 radical (unpaired) electrons. The molecule has 0 saturated heterocycles. The van der Waals surface area contributed by atoms with E-state index in [0.717, 1.165) is 47.0 Å². The zero-order valence-corrected chi connectivity index (χ0v) is 38.0. The molecule has 0 spiro atoms. The normalized spacial score (nSPS) is 12.0. The smallest absolute Gasteiger partial charge is 0.326 e. The van der Waals surface area contributed by atoms with Gasteiger partial charge in [0.2, 0.25) is 17.8 Å². The van der Waals surface area contributed by atoms with Crippen LogP contribution in [-0.4, -0.2) is 109 Å². The van der Waals surface area contributed by atoms with Crippen LogP contribution in [0.5, 0.6) is 0 Å². The Balaban J connectivity index is 0.815. The number of fused-ring (bicyclic) bond motifs is 4. The molecule has 0 aliphatic rings. The number of carbonyl (C=O) groups excluding carboxylic acids is 3. The van der Waals surface area contributed by atoms with Gasteiger partial charge in [-0.15, -0.1) is 0 Å². The van der Waals surface area contributed by atoms with Gasteiger partial charge in [-0.25, -0.2) is 24.7 Å². The average Bonchev–Trinajstić information content (AvgIpc) is 3.66. The summed E-state index contributed by atoms with van der Waals surface area (Å²) in [4.78, 5) is 86.0. The Morgan fingerprint density at radius 2 is 1.64 bits per heavy atom. The second-order valence-corrected chi connectivity index (χ2v) is 16.9. The van der Waals surface area contributed by atoms with E-state index in [2.05, 4.69) is 77.6 Å². The molecular formula is C46H59N13O8. The van der Waals surface area contributed by atoms with E-state index in [1.165, 1.54) is 18.3 Å². The number of aryl methyl sites for hydroxylation is 1. The number of H-pyrrole nitrogens is 1. The quantitative estimate of drug-likeness (QED) is 0.0361. The monoisotopic (exact) mass is 921 g/mol. The first-order chi connectivity index (χ1) is 32.2. The van der Waals surface area contributed by atoms with Crippen molar-refractivity contribution in [2.45, 2.75) is 84.8 Å². The Hall–Kier alpha value is -7.26. The van der Waals surface area contributed by atoms with Crippen LogP contribution < -0.4 is 38.3 Å². The van der Waals surface area contributed by atoms with Crippen LogP contribution in [0.25, 0.3) is 33.1 Å². The van der Waals surface area contributed by atoms with Gasteiger partial charge in [0.1, 0.15) is 17.4 Å². The largest absolute Gasteiger partial charge is 0.480 e. The molecule has 6 rings (SSSR count). The van der Waals surface area contributed by atoms with Gasteiger partial charge in [0.15, 0.2) is 17.0 Å². The molecular weight excluding hydrogens is 863 g/mol. The molecule has 0 aliphatic carbocycles. The molecule has 2 aromatic carbocycles. The number of amides is 3. The van der Waals surface area contributed by atoms with E-state index in [1.54, 1.807) is 12.1 Å². The maximum atomic E-state index is 12.9.